The lowest BCUT2D eigenvalue weighted by Gasteiger charge is -2.17. The van der Waals surface area contributed by atoms with Crippen LogP contribution in [-0.4, -0.2) is 28.5 Å². The van der Waals surface area contributed by atoms with Crippen molar-refractivity contribution in [3.8, 4) is 0 Å². The Morgan fingerprint density at radius 1 is 1.47 bits per heavy atom. The third-order valence-electron chi connectivity index (χ3n) is 3.08. The van der Waals surface area contributed by atoms with Gasteiger partial charge in [0.25, 0.3) is 0 Å². The molecule has 2 atom stereocenters. The first-order valence-electron chi connectivity index (χ1n) is 5.47. The number of carbonyl (C=O) groups is 1. The summed E-state index contributed by atoms with van der Waals surface area (Å²) in [6, 6.07) is -0.242. The van der Waals surface area contributed by atoms with Crippen LogP contribution in [0, 0.1) is 5.92 Å². The first-order chi connectivity index (χ1) is 8.25. The number of amides is 1. The number of nitrogen functional groups attached to an aromatic ring is 1. The predicted octanol–water partition coefficient (Wildman–Crippen LogP) is -0.393. The summed E-state index contributed by atoms with van der Waals surface area (Å²) in [6.07, 6.45) is 7.49. The fraction of sp³-hybridized carbons (Fsp3) is 0.273. The van der Waals surface area contributed by atoms with E-state index in [1.54, 1.807) is 6.20 Å². The van der Waals surface area contributed by atoms with Gasteiger partial charge in [0.1, 0.15) is 6.04 Å². The number of fused-ring (bicyclic) bond motifs is 1. The average molecular weight is 231 g/mol. The minimum atomic E-state index is -0.242. The number of hydrogen-bond donors (Lipinski definition) is 4. The summed E-state index contributed by atoms with van der Waals surface area (Å²) in [5.74, 6) is 0.423. The third kappa shape index (κ3) is 1.57. The van der Waals surface area contributed by atoms with E-state index in [1.165, 1.54) is 0 Å². The molecule has 0 saturated heterocycles. The molecule has 5 N–H and O–H groups in total. The van der Waals surface area contributed by atoms with Crippen LogP contribution in [0.15, 0.2) is 24.5 Å². The van der Waals surface area contributed by atoms with E-state index < -0.39 is 0 Å². The molecule has 88 valence electrons. The number of carbonyl (C=O) groups excluding carboxylic acids is 1. The summed E-state index contributed by atoms with van der Waals surface area (Å²) >= 11 is 0. The van der Waals surface area contributed by atoms with Gasteiger partial charge in [-0.15, -0.1) is 0 Å². The molecule has 0 fully saturated rings. The third-order valence-corrected chi connectivity index (χ3v) is 3.08. The highest BCUT2D eigenvalue weighted by molar-refractivity contribution is 5.88. The standard InChI is InChI=1S/C11H13N5O/c12-11-15-5-8(16-11)6-1-4-14-10(17)9-7(6)2-3-13-9/h1-3,5,7,9,13H,4H2,(H,14,17)(H3,12,15,16). The van der Waals surface area contributed by atoms with Crippen LogP contribution in [-0.2, 0) is 4.79 Å². The minimum absolute atomic E-state index is 0.0127. The summed E-state index contributed by atoms with van der Waals surface area (Å²) in [5.41, 5.74) is 7.48. The fourth-order valence-corrected chi connectivity index (χ4v) is 2.28. The quantitative estimate of drug-likeness (QED) is 0.529. The summed E-state index contributed by atoms with van der Waals surface area (Å²) < 4.78 is 0. The first-order valence-corrected chi connectivity index (χ1v) is 5.47. The van der Waals surface area contributed by atoms with Crippen molar-refractivity contribution in [1.29, 1.82) is 0 Å². The molecule has 1 amide bonds. The van der Waals surface area contributed by atoms with Gasteiger partial charge < -0.3 is 21.4 Å². The molecule has 2 unspecified atom stereocenters. The van der Waals surface area contributed by atoms with Gasteiger partial charge in [0, 0.05) is 12.5 Å². The topological polar surface area (TPSA) is 95.8 Å². The second kappa shape index (κ2) is 3.65. The lowest BCUT2D eigenvalue weighted by molar-refractivity contribution is -0.122. The molecule has 0 aliphatic carbocycles. The minimum Gasteiger partial charge on any atom is -0.379 e. The van der Waals surface area contributed by atoms with E-state index in [4.69, 9.17) is 5.73 Å². The van der Waals surface area contributed by atoms with Crippen molar-refractivity contribution in [1.82, 2.24) is 20.6 Å². The molecular weight excluding hydrogens is 218 g/mol. The van der Waals surface area contributed by atoms with Crippen LogP contribution in [0.1, 0.15) is 5.69 Å². The smallest absolute Gasteiger partial charge is 0.243 e. The Kier molecular flexibility index (Phi) is 2.14. The SMILES string of the molecule is Nc1ncc(C2=CCNC(=O)C3NC=CC23)[nH]1. The highest BCUT2D eigenvalue weighted by Gasteiger charge is 2.34. The zero-order chi connectivity index (χ0) is 11.8. The fourth-order valence-electron chi connectivity index (χ4n) is 2.28. The molecule has 1 aromatic heterocycles. The molecule has 0 radical (unpaired) electrons. The van der Waals surface area contributed by atoms with Crippen LogP contribution in [0.2, 0.25) is 0 Å². The molecule has 2 aliphatic heterocycles. The van der Waals surface area contributed by atoms with Gasteiger partial charge in [0.05, 0.1) is 11.9 Å². The average Bonchev–Trinajstić information content (AvgIpc) is 2.90. The zero-order valence-electron chi connectivity index (χ0n) is 9.10. The highest BCUT2D eigenvalue weighted by Crippen LogP contribution is 2.30. The molecule has 0 bridgehead atoms. The lowest BCUT2D eigenvalue weighted by Crippen LogP contribution is -2.42. The predicted molar refractivity (Wildman–Crippen MR) is 63.5 cm³/mol. The van der Waals surface area contributed by atoms with Crippen LogP contribution < -0.4 is 16.4 Å². The number of aromatic nitrogens is 2. The molecular formula is C11H13N5O. The summed E-state index contributed by atoms with van der Waals surface area (Å²) in [7, 11) is 0. The summed E-state index contributed by atoms with van der Waals surface area (Å²) in [5, 5.41) is 5.89. The van der Waals surface area contributed by atoms with E-state index in [1.807, 2.05) is 18.4 Å². The number of H-pyrrole nitrogens is 1. The lowest BCUT2D eigenvalue weighted by atomic mass is 9.91. The van der Waals surface area contributed by atoms with E-state index in [9.17, 15) is 4.79 Å². The van der Waals surface area contributed by atoms with Crippen molar-refractivity contribution in [3.05, 3.63) is 30.2 Å². The second-order valence-electron chi connectivity index (χ2n) is 4.12. The molecule has 3 heterocycles. The van der Waals surface area contributed by atoms with Crippen LogP contribution in [0.3, 0.4) is 0 Å². The normalized spacial score (nSPS) is 26.8. The Morgan fingerprint density at radius 3 is 3.12 bits per heavy atom. The molecule has 0 saturated carbocycles. The van der Waals surface area contributed by atoms with E-state index in [-0.39, 0.29) is 17.9 Å². The largest absolute Gasteiger partial charge is 0.379 e. The Bertz CT molecular complexity index is 516. The number of rotatable bonds is 1. The molecule has 2 aliphatic rings. The van der Waals surface area contributed by atoms with Gasteiger partial charge in [0.15, 0.2) is 5.95 Å². The monoisotopic (exact) mass is 231 g/mol. The van der Waals surface area contributed by atoms with Crippen LogP contribution in [0.4, 0.5) is 5.95 Å². The Balaban J connectivity index is 2.00. The zero-order valence-corrected chi connectivity index (χ0v) is 9.10. The number of aromatic amines is 1. The number of nitrogens with zero attached hydrogens (tertiary/aromatic N) is 1. The van der Waals surface area contributed by atoms with E-state index >= 15 is 0 Å². The Hall–Kier alpha value is -2.24. The van der Waals surface area contributed by atoms with Gasteiger partial charge in [-0.2, -0.15) is 0 Å². The summed E-state index contributed by atoms with van der Waals surface area (Å²) in [4.78, 5) is 18.8. The van der Waals surface area contributed by atoms with E-state index in [2.05, 4.69) is 20.6 Å². The molecule has 6 nitrogen and oxygen atoms in total. The van der Waals surface area contributed by atoms with Crippen molar-refractivity contribution in [2.75, 3.05) is 12.3 Å². The molecule has 17 heavy (non-hydrogen) atoms. The molecule has 0 aromatic carbocycles. The van der Waals surface area contributed by atoms with Gasteiger partial charge in [-0.3, -0.25) is 4.79 Å². The van der Waals surface area contributed by atoms with Gasteiger partial charge in [0.2, 0.25) is 5.91 Å². The Labute approximate surface area is 98.0 Å². The van der Waals surface area contributed by atoms with Gasteiger partial charge in [-0.05, 0) is 11.8 Å². The van der Waals surface area contributed by atoms with Crippen molar-refractivity contribution in [2.24, 2.45) is 5.92 Å². The number of nitrogens with one attached hydrogen (secondary N) is 3. The van der Waals surface area contributed by atoms with Crippen molar-refractivity contribution < 1.29 is 4.79 Å². The molecule has 6 heteroatoms. The van der Waals surface area contributed by atoms with Crippen LogP contribution in [0.25, 0.3) is 5.57 Å². The molecule has 1 aromatic rings. The highest BCUT2D eigenvalue weighted by atomic mass is 16.2. The van der Waals surface area contributed by atoms with E-state index in [0.29, 0.717) is 12.5 Å². The van der Waals surface area contributed by atoms with Crippen molar-refractivity contribution in [2.45, 2.75) is 6.04 Å². The number of imidazole rings is 1. The molecule has 3 rings (SSSR count). The van der Waals surface area contributed by atoms with E-state index in [0.717, 1.165) is 11.3 Å². The van der Waals surface area contributed by atoms with Crippen molar-refractivity contribution >= 4 is 17.4 Å². The first kappa shape index (κ1) is 9.95. The summed E-state index contributed by atoms with van der Waals surface area (Å²) in [6.45, 7) is 0.523. The second-order valence-corrected chi connectivity index (χ2v) is 4.12. The maximum atomic E-state index is 11.8. The molecule has 0 spiro atoms. The number of hydrogen-bond acceptors (Lipinski definition) is 4. The maximum absolute atomic E-state index is 11.8. The van der Waals surface area contributed by atoms with Gasteiger partial charge in [-0.1, -0.05) is 12.2 Å². The van der Waals surface area contributed by atoms with Crippen LogP contribution >= 0.6 is 0 Å². The van der Waals surface area contributed by atoms with Crippen molar-refractivity contribution in [3.63, 3.8) is 0 Å². The van der Waals surface area contributed by atoms with Gasteiger partial charge in [-0.25, -0.2) is 4.98 Å². The Morgan fingerprint density at radius 2 is 2.35 bits per heavy atom. The van der Waals surface area contributed by atoms with Crippen LogP contribution in [0.5, 0.6) is 0 Å². The number of anilines is 1. The maximum Gasteiger partial charge on any atom is 0.243 e. The number of nitrogens with two attached hydrogens (primary N) is 1. The van der Waals surface area contributed by atoms with Gasteiger partial charge >= 0.3 is 0 Å².